The van der Waals surface area contributed by atoms with Crippen LogP contribution in [0.25, 0.3) is 0 Å². The summed E-state index contributed by atoms with van der Waals surface area (Å²) in [5, 5.41) is 0. The number of hydrogen-bond acceptors (Lipinski definition) is 3. The minimum Gasteiger partial charge on any atom is -0.393 e. The molecule has 0 aliphatic rings. The second-order valence-corrected chi connectivity index (χ2v) is 9.25. The normalized spacial score (nSPS) is 12.1. The number of sulfonamides is 1. The summed E-state index contributed by atoms with van der Waals surface area (Å²) >= 11 is 11.5. The summed E-state index contributed by atoms with van der Waals surface area (Å²) in [5.74, 6) is 0.206. The fraction of sp³-hybridized carbons (Fsp3) is 0.462. The highest BCUT2D eigenvalue weighted by molar-refractivity contribution is 9.11. The zero-order valence-electron chi connectivity index (χ0n) is 11.8. The molecule has 2 N–H and O–H groups in total. The monoisotopic (exact) mass is 456 g/mol. The standard InChI is InChI=1S/C13H18Br2N2O2S2/c1-9(2)8-17(6-5-13(16)20)21(18,19)12-7-10(14)3-4-11(12)15/h3-4,7,9H,5-6,8H2,1-2H3,(H2,16,20). The van der Waals surface area contributed by atoms with E-state index in [9.17, 15) is 8.42 Å². The van der Waals surface area contributed by atoms with E-state index in [1.54, 1.807) is 18.2 Å². The zero-order chi connectivity index (χ0) is 16.2. The Labute approximate surface area is 148 Å². The molecule has 0 spiro atoms. The Bertz CT molecular complexity index is 619. The number of nitrogens with two attached hydrogens (primary N) is 1. The molecule has 0 aliphatic carbocycles. The lowest BCUT2D eigenvalue weighted by Crippen LogP contribution is -2.36. The maximum absolute atomic E-state index is 12.8. The summed E-state index contributed by atoms with van der Waals surface area (Å²) in [6.45, 7) is 4.65. The van der Waals surface area contributed by atoms with E-state index < -0.39 is 10.0 Å². The molecule has 21 heavy (non-hydrogen) atoms. The van der Waals surface area contributed by atoms with Crippen molar-refractivity contribution in [3.8, 4) is 0 Å². The van der Waals surface area contributed by atoms with Gasteiger partial charge in [-0.2, -0.15) is 4.31 Å². The van der Waals surface area contributed by atoms with Gasteiger partial charge in [0, 0.05) is 28.5 Å². The second kappa shape index (κ2) is 8.01. The Hall–Kier alpha value is -0.0200. The highest BCUT2D eigenvalue weighted by Gasteiger charge is 2.27. The lowest BCUT2D eigenvalue weighted by atomic mass is 10.2. The van der Waals surface area contributed by atoms with Crippen LogP contribution >= 0.6 is 44.1 Å². The molecule has 1 rings (SSSR count). The molecular weight excluding hydrogens is 440 g/mol. The van der Waals surface area contributed by atoms with Crippen LogP contribution in [0.2, 0.25) is 0 Å². The molecule has 118 valence electrons. The number of benzene rings is 1. The summed E-state index contributed by atoms with van der Waals surface area (Å²) in [4.78, 5) is 0.549. The Morgan fingerprint density at radius 3 is 2.52 bits per heavy atom. The van der Waals surface area contributed by atoms with Crippen LogP contribution in [0.1, 0.15) is 20.3 Å². The van der Waals surface area contributed by atoms with Gasteiger partial charge in [0.25, 0.3) is 0 Å². The summed E-state index contributed by atoms with van der Waals surface area (Å²) in [6.07, 6.45) is 0.368. The highest BCUT2D eigenvalue weighted by atomic mass is 79.9. The lowest BCUT2D eigenvalue weighted by molar-refractivity contribution is 0.374. The van der Waals surface area contributed by atoms with E-state index in [1.807, 2.05) is 13.8 Å². The molecule has 0 unspecified atom stereocenters. The van der Waals surface area contributed by atoms with Crippen molar-refractivity contribution in [2.24, 2.45) is 11.7 Å². The number of halogens is 2. The molecule has 8 heteroatoms. The molecule has 0 saturated heterocycles. The largest absolute Gasteiger partial charge is 0.393 e. The first kappa shape index (κ1) is 19.0. The Morgan fingerprint density at radius 2 is 2.00 bits per heavy atom. The first-order valence-corrected chi connectivity index (χ1v) is 9.81. The van der Waals surface area contributed by atoms with E-state index in [1.165, 1.54) is 4.31 Å². The van der Waals surface area contributed by atoms with Gasteiger partial charge >= 0.3 is 0 Å². The third kappa shape index (κ3) is 5.59. The van der Waals surface area contributed by atoms with Gasteiger partial charge in [0.05, 0.1) is 9.88 Å². The van der Waals surface area contributed by atoms with Crippen LogP contribution in [0.3, 0.4) is 0 Å². The number of rotatable bonds is 7. The van der Waals surface area contributed by atoms with E-state index >= 15 is 0 Å². The van der Waals surface area contributed by atoms with Crippen molar-refractivity contribution in [3.63, 3.8) is 0 Å². The van der Waals surface area contributed by atoms with Crippen LogP contribution in [0.5, 0.6) is 0 Å². The summed E-state index contributed by atoms with van der Waals surface area (Å²) in [6, 6.07) is 5.08. The van der Waals surface area contributed by atoms with Crippen molar-refractivity contribution in [2.75, 3.05) is 13.1 Å². The molecule has 0 bridgehead atoms. The van der Waals surface area contributed by atoms with Crippen LogP contribution < -0.4 is 5.73 Å². The van der Waals surface area contributed by atoms with Crippen LogP contribution in [0.4, 0.5) is 0 Å². The van der Waals surface area contributed by atoms with Crippen molar-refractivity contribution in [1.29, 1.82) is 0 Å². The molecule has 0 fully saturated rings. The molecule has 0 radical (unpaired) electrons. The first-order chi connectivity index (χ1) is 9.64. The van der Waals surface area contributed by atoms with Crippen LogP contribution in [-0.4, -0.2) is 30.8 Å². The quantitative estimate of drug-likeness (QED) is 0.636. The predicted molar refractivity (Wildman–Crippen MR) is 96.8 cm³/mol. The van der Waals surface area contributed by atoms with Crippen molar-refractivity contribution < 1.29 is 8.42 Å². The maximum Gasteiger partial charge on any atom is 0.244 e. The Balaban J connectivity index is 3.19. The van der Waals surface area contributed by atoms with Crippen molar-refractivity contribution in [1.82, 2.24) is 4.31 Å². The van der Waals surface area contributed by atoms with E-state index in [0.29, 0.717) is 26.9 Å². The second-order valence-electron chi connectivity index (χ2n) is 5.05. The van der Waals surface area contributed by atoms with E-state index in [0.717, 1.165) is 0 Å². The zero-order valence-corrected chi connectivity index (χ0v) is 16.6. The number of nitrogens with zero attached hydrogens (tertiary/aromatic N) is 1. The van der Waals surface area contributed by atoms with Crippen molar-refractivity contribution in [2.45, 2.75) is 25.2 Å². The average molecular weight is 458 g/mol. The molecule has 0 amide bonds. The molecule has 0 heterocycles. The van der Waals surface area contributed by atoms with Gasteiger partial charge < -0.3 is 5.73 Å². The van der Waals surface area contributed by atoms with Gasteiger partial charge in [-0.05, 0) is 40.0 Å². The minimum atomic E-state index is -3.60. The fourth-order valence-corrected chi connectivity index (χ4v) is 4.92. The molecule has 0 aromatic heterocycles. The number of thiocarbonyl (C=S) groups is 1. The van der Waals surface area contributed by atoms with E-state index in [2.05, 4.69) is 31.9 Å². The van der Waals surface area contributed by atoms with Gasteiger partial charge in [0.1, 0.15) is 0 Å². The minimum absolute atomic E-state index is 0.206. The van der Waals surface area contributed by atoms with Gasteiger partial charge in [-0.3, -0.25) is 0 Å². The fourth-order valence-electron chi connectivity index (χ4n) is 1.77. The third-order valence-corrected chi connectivity index (χ3v) is 6.24. The molecule has 0 aliphatic heterocycles. The van der Waals surface area contributed by atoms with Crippen LogP contribution in [0.15, 0.2) is 32.0 Å². The molecule has 0 atom stereocenters. The summed E-state index contributed by atoms with van der Waals surface area (Å²) in [7, 11) is -3.60. The number of hydrogen-bond donors (Lipinski definition) is 1. The molecular formula is C13H18Br2N2O2S2. The van der Waals surface area contributed by atoms with E-state index in [4.69, 9.17) is 18.0 Å². The first-order valence-electron chi connectivity index (χ1n) is 6.38. The highest BCUT2D eigenvalue weighted by Crippen LogP contribution is 2.28. The lowest BCUT2D eigenvalue weighted by Gasteiger charge is -2.24. The van der Waals surface area contributed by atoms with Gasteiger partial charge in [0.2, 0.25) is 10.0 Å². The topological polar surface area (TPSA) is 63.4 Å². The Kier molecular flexibility index (Phi) is 7.26. The Morgan fingerprint density at radius 1 is 1.38 bits per heavy atom. The third-order valence-electron chi connectivity index (χ3n) is 2.69. The summed E-state index contributed by atoms with van der Waals surface area (Å²) < 4.78 is 28.4. The van der Waals surface area contributed by atoms with Gasteiger partial charge in [-0.1, -0.05) is 42.0 Å². The average Bonchev–Trinajstić information content (AvgIpc) is 2.36. The van der Waals surface area contributed by atoms with Crippen molar-refractivity contribution >= 4 is 59.1 Å². The van der Waals surface area contributed by atoms with Crippen LogP contribution in [-0.2, 0) is 10.0 Å². The van der Waals surface area contributed by atoms with Gasteiger partial charge in [-0.15, -0.1) is 0 Å². The molecule has 0 saturated carbocycles. The maximum atomic E-state index is 12.8. The molecule has 1 aromatic rings. The van der Waals surface area contributed by atoms with Crippen molar-refractivity contribution in [3.05, 3.63) is 27.1 Å². The van der Waals surface area contributed by atoms with Crippen LogP contribution in [0, 0.1) is 5.92 Å². The predicted octanol–water partition coefficient (Wildman–Crippen LogP) is 3.53. The van der Waals surface area contributed by atoms with Gasteiger partial charge in [-0.25, -0.2) is 8.42 Å². The summed E-state index contributed by atoms with van der Waals surface area (Å²) in [5.41, 5.74) is 5.50. The van der Waals surface area contributed by atoms with E-state index in [-0.39, 0.29) is 17.4 Å². The SMILES string of the molecule is CC(C)CN(CCC(N)=S)S(=O)(=O)c1cc(Br)ccc1Br. The molecule has 4 nitrogen and oxygen atoms in total. The van der Waals surface area contributed by atoms with Gasteiger partial charge in [0.15, 0.2) is 0 Å². The smallest absolute Gasteiger partial charge is 0.244 e. The molecule has 1 aromatic carbocycles.